The fourth-order valence-corrected chi connectivity index (χ4v) is 14.5. The first-order valence-electron chi connectivity index (χ1n) is 27.5. The van der Waals surface area contributed by atoms with Gasteiger partial charge in [-0.25, -0.2) is 56.9 Å². The third kappa shape index (κ3) is 17.0. The molecule has 2 aromatic carbocycles. The Morgan fingerprint density at radius 1 is 0.654 bits per heavy atom. The van der Waals surface area contributed by atoms with E-state index in [0.717, 1.165) is 123 Å². The summed E-state index contributed by atoms with van der Waals surface area (Å²) in [5.41, 5.74) is 5.82. The van der Waals surface area contributed by atoms with Crippen LogP contribution in [0.5, 0.6) is 0 Å². The molecule has 2 aliphatic heterocycles. The Hall–Kier alpha value is -5.68. The van der Waals surface area contributed by atoms with Crippen molar-refractivity contribution >= 4 is 44.1 Å². The average Bonchev–Trinajstić information content (AvgIpc) is 3.48. The molecule has 8 fully saturated rings. The zero-order valence-electron chi connectivity index (χ0n) is 46.5. The van der Waals surface area contributed by atoms with Crippen LogP contribution in [-0.2, 0) is 61.3 Å². The van der Waals surface area contributed by atoms with Gasteiger partial charge in [0, 0.05) is 88.9 Å². The minimum absolute atomic E-state index is 0. The molecule has 0 atom stereocenters. The summed E-state index contributed by atoms with van der Waals surface area (Å²) >= 11 is 0. The summed E-state index contributed by atoms with van der Waals surface area (Å²) in [6.45, 7) is 8.32. The van der Waals surface area contributed by atoms with E-state index >= 15 is 0 Å². The quantitative estimate of drug-likeness (QED) is 0.0676. The van der Waals surface area contributed by atoms with E-state index in [2.05, 4.69) is 63.3 Å². The molecule has 14 rings (SSSR count). The van der Waals surface area contributed by atoms with Gasteiger partial charge in [-0.1, -0.05) is 6.07 Å². The number of benzene rings is 2. The second-order valence-electron chi connectivity index (χ2n) is 23.2. The molecule has 0 unspecified atom stereocenters. The van der Waals surface area contributed by atoms with Crippen LogP contribution in [0.4, 0.5) is 17.6 Å². The van der Waals surface area contributed by atoms with Gasteiger partial charge in [-0.15, -0.1) is 0 Å². The monoisotopic (exact) mass is 1130 g/mol. The molecule has 8 aliphatic carbocycles. The molecule has 3 N–H and O–H groups in total. The summed E-state index contributed by atoms with van der Waals surface area (Å²) in [6.07, 6.45) is 21.1. The third-order valence-corrected chi connectivity index (χ3v) is 16.9. The SMILES string of the molecule is CC(=O)OOC(C)=O.O=C(NCC12CC3CC(CC(C3)C1)C2)c1ncnc2c1CCN(Cc1ccc(F)cc1F)C2.O=C(NCC12CC3CC(CC(C3)C1)C2)c1ncnc2c1CCNC2.O=Cc1ccc(F)cc1F.[B-]OC(C)=O.[Na+]. The third-order valence-electron chi connectivity index (χ3n) is 16.9. The number of nitrogens with one attached hydrogen (secondary N) is 3. The first-order valence-corrected chi connectivity index (χ1v) is 27.5. The molecule has 0 spiro atoms. The van der Waals surface area contributed by atoms with Gasteiger partial charge in [0.2, 0.25) is 5.97 Å². The molecule has 0 saturated heterocycles. The second kappa shape index (κ2) is 28.5. The summed E-state index contributed by atoms with van der Waals surface area (Å²) in [6, 6.07) is 6.49. The Morgan fingerprint density at radius 2 is 1.10 bits per heavy atom. The van der Waals surface area contributed by atoms with Crippen molar-refractivity contribution in [3.8, 4) is 0 Å². The predicted octanol–water partition coefficient (Wildman–Crippen LogP) is 4.77. The summed E-state index contributed by atoms with van der Waals surface area (Å²) in [7, 11) is 4.32. The number of carbonyl (C=O) groups is 6. The molecule has 8 saturated carbocycles. The molecular weight excluding hydrogens is 1060 g/mol. The van der Waals surface area contributed by atoms with Crippen molar-refractivity contribution in [1.29, 1.82) is 0 Å². The van der Waals surface area contributed by atoms with E-state index < -0.39 is 41.2 Å². The van der Waals surface area contributed by atoms with Crippen LogP contribution in [0.15, 0.2) is 49.1 Å². The van der Waals surface area contributed by atoms with Crippen molar-refractivity contribution in [3.05, 3.63) is 117 Å². The van der Waals surface area contributed by atoms with E-state index in [1.54, 1.807) is 0 Å². The van der Waals surface area contributed by atoms with Crippen LogP contribution in [0.25, 0.3) is 0 Å². The van der Waals surface area contributed by atoms with E-state index in [4.69, 9.17) is 0 Å². The Kier molecular flexibility index (Phi) is 22.2. The first kappa shape index (κ1) is 62.9. The van der Waals surface area contributed by atoms with Crippen LogP contribution in [0, 0.1) is 69.6 Å². The van der Waals surface area contributed by atoms with E-state index in [-0.39, 0.29) is 52.4 Å². The van der Waals surface area contributed by atoms with Gasteiger partial charge in [-0.3, -0.25) is 24.1 Å². The van der Waals surface area contributed by atoms with Crippen LogP contribution in [-0.4, -0.2) is 95.1 Å². The Balaban J connectivity index is 0.000000171. The molecule has 427 valence electrons. The van der Waals surface area contributed by atoms with Gasteiger partial charge >= 0.3 is 41.5 Å². The maximum Gasteiger partial charge on any atom is 1.00 e. The van der Waals surface area contributed by atoms with Crippen molar-refractivity contribution in [2.45, 2.75) is 130 Å². The van der Waals surface area contributed by atoms with Gasteiger partial charge in [-0.05, 0) is 161 Å². The Bertz CT molecular complexity index is 2840. The standard InChI is InChI=1S/C26H30F2N4O.C19H26N4O.C7H4F2O.C4H6O4.C2H3BO2.Na/c27-20-2-1-19(22(28)8-20)12-32-4-3-21-23(13-32)30-15-31-24(21)25(33)29-14-26-9-16-5-17(10-26)7-18(6-16)11-26;24-18(17-15-1-2-20-9-16(15)22-11-23-17)21-10-19-6-12-3-13(7-19)5-14(4-12)8-19;8-6-2-1-5(4-10)7(9)3-6;1-3(5)7-8-4(2)6;1-2(4)5-3;/h1-2,8,15-18H,3-7,9-14H2,(H,29,33);11-14,20H,1-10H2,(H,21,24);1-4H;1-2H3;1H3;/q;;;;-1;+1. The molecule has 2 amide bonds. The number of nitrogens with zero attached hydrogens (tertiary/aromatic N) is 5. The second-order valence-corrected chi connectivity index (χ2v) is 23.2. The number of rotatable bonds is 9. The number of hydrogen-bond acceptors (Lipinski definition) is 15. The van der Waals surface area contributed by atoms with Crippen molar-refractivity contribution in [1.82, 2.24) is 40.8 Å². The van der Waals surface area contributed by atoms with Crippen molar-refractivity contribution in [2.24, 2.45) is 46.3 Å². The van der Waals surface area contributed by atoms with Crippen LogP contribution < -0.4 is 45.5 Å². The molecule has 8 bridgehead atoms. The summed E-state index contributed by atoms with van der Waals surface area (Å²) < 4.78 is 55.4. The number of aldehydes is 1. The summed E-state index contributed by atoms with van der Waals surface area (Å²) in [5, 5.41) is 9.80. The molecule has 2 aromatic heterocycles. The number of aromatic nitrogens is 4. The molecule has 10 aliphatic rings. The van der Waals surface area contributed by atoms with E-state index in [1.165, 1.54) is 109 Å². The topological polar surface area (TPSA) is 221 Å². The van der Waals surface area contributed by atoms with Crippen molar-refractivity contribution < 1.29 is 90.3 Å². The normalized spacial score (nSPS) is 25.5. The summed E-state index contributed by atoms with van der Waals surface area (Å²) in [4.78, 5) is 92.2. The number of halogens is 4. The van der Waals surface area contributed by atoms with Crippen LogP contribution >= 0.6 is 0 Å². The van der Waals surface area contributed by atoms with Gasteiger partial charge < -0.3 is 28.7 Å². The molecule has 3 radical (unpaired) electrons. The first-order chi connectivity index (χ1) is 38.3. The fraction of sp³-hybridized carbons (Fsp3) is 0.552. The van der Waals surface area contributed by atoms with Gasteiger partial charge in [0.15, 0.2) is 6.29 Å². The summed E-state index contributed by atoms with van der Waals surface area (Å²) in [5.74, 6) is 0.899. The number of amides is 2. The number of hydrogen-bond donors (Lipinski definition) is 3. The zero-order valence-corrected chi connectivity index (χ0v) is 48.5. The van der Waals surface area contributed by atoms with E-state index in [1.807, 2.05) is 0 Å². The maximum atomic E-state index is 14.1. The minimum atomic E-state index is -0.824. The van der Waals surface area contributed by atoms with Crippen LogP contribution in [0.2, 0.25) is 0 Å². The maximum absolute atomic E-state index is 14.1. The van der Waals surface area contributed by atoms with Crippen molar-refractivity contribution in [2.75, 3.05) is 26.2 Å². The Morgan fingerprint density at radius 3 is 1.53 bits per heavy atom. The van der Waals surface area contributed by atoms with Gasteiger partial charge in [0.1, 0.15) is 47.3 Å². The molecule has 17 nitrogen and oxygen atoms in total. The molecule has 4 aromatic rings. The van der Waals surface area contributed by atoms with E-state index in [9.17, 15) is 46.3 Å². The Labute approximate surface area is 492 Å². The molecule has 81 heavy (non-hydrogen) atoms. The molecular formula is C58H69BF4N8NaO9. The fourth-order valence-electron chi connectivity index (χ4n) is 14.5. The van der Waals surface area contributed by atoms with Crippen LogP contribution in [0.3, 0.4) is 0 Å². The van der Waals surface area contributed by atoms with E-state index in [0.29, 0.717) is 60.8 Å². The molecule has 23 heteroatoms. The minimum Gasteiger partial charge on any atom is -0.793 e. The van der Waals surface area contributed by atoms with Gasteiger partial charge in [0.05, 0.1) is 17.0 Å². The van der Waals surface area contributed by atoms with Gasteiger partial charge in [-0.2, -0.15) is 0 Å². The zero-order chi connectivity index (χ0) is 57.1. The smallest absolute Gasteiger partial charge is 0.793 e. The van der Waals surface area contributed by atoms with Crippen molar-refractivity contribution in [3.63, 3.8) is 0 Å². The molecule has 4 heterocycles. The average molecular weight is 1130 g/mol. The van der Waals surface area contributed by atoms with Crippen LogP contribution in [0.1, 0.15) is 157 Å². The predicted molar refractivity (Wildman–Crippen MR) is 282 cm³/mol. The number of fused-ring (bicyclic) bond motifs is 2. The van der Waals surface area contributed by atoms with Gasteiger partial charge in [0.25, 0.3) is 11.8 Å². The number of carbonyl (C=O) groups excluding carboxylic acids is 6. The largest absolute Gasteiger partial charge is 1.00 e.